The zero-order chi connectivity index (χ0) is 14.8. The van der Waals surface area contributed by atoms with Gasteiger partial charge in [-0.25, -0.2) is 0 Å². The predicted octanol–water partition coefficient (Wildman–Crippen LogP) is 5.07. The summed E-state index contributed by atoms with van der Waals surface area (Å²) in [5, 5.41) is 0. The fourth-order valence-electron chi connectivity index (χ4n) is 1.93. The molecule has 0 aliphatic rings. The second-order valence-electron chi connectivity index (χ2n) is 5.20. The van der Waals surface area contributed by atoms with Gasteiger partial charge in [0.1, 0.15) is 11.5 Å². The van der Waals surface area contributed by atoms with E-state index in [9.17, 15) is 4.79 Å². The Kier molecular flexibility index (Phi) is 7.71. The minimum atomic E-state index is 0.233. The summed E-state index contributed by atoms with van der Waals surface area (Å²) in [5.41, 5.74) is 2.53. The molecular weight excluding hydrogens is 248 g/mol. The zero-order valence-electron chi connectivity index (χ0n) is 12.9. The fraction of sp³-hybridized carbons (Fsp3) is 0.500. The van der Waals surface area contributed by atoms with E-state index in [1.54, 1.807) is 6.92 Å². The molecule has 0 aromatic heterocycles. The van der Waals surface area contributed by atoms with E-state index in [4.69, 9.17) is 4.74 Å². The summed E-state index contributed by atoms with van der Waals surface area (Å²) in [6, 6.07) is 8.01. The van der Waals surface area contributed by atoms with E-state index in [1.165, 1.54) is 24.0 Å². The highest BCUT2D eigenvalue weighted by Crippen LogP contribution is 2.16. The Morgan fingerprint density at radius 2 is 1.85 bits per heavy atom. The van der Waals surface area contributed by atoms with Crippen LogP contribution in [0.4, 0.5) is 0 Å². The highest BCUT2D eigenvalue weighted by molar-refractivity contribution is 5.75. The molecule has 0 aliphatic carbocycles. The van der Waals surface area contributed by atoms with Crippen molar-refractivity contribution in [3.8, 4) is 5.75 Å². The standard InChI is InChI=1S/C18H26O2/c1-4-6-7-16(5-2)14-20-18-12-10-17(11-13-18)9-8-15(3)19/h10-14H,4-9H2,1-3H3. The molecule has 0 saturated heterocycles. The molecule has 0 bridgehead atoms. The number of carbonyl (C=O) groups excluding carboxylic acids is 1. The molecule has 2 nitrogen and oxygen atoms in total. The summed E-state index contributed by atoms with van der Waals surface area (Å²) in [6.07, 6.45) is 7.88. The zero-order valence-corrected chi connectivity index (χ0v) is 12.9. The van der Waals surface area contributed by atoms with Crippen LogP contribution in [0, 0.1) is 0 Å². The van der Waals surface area contributed by atoms with E-state index in [-0.39, 0.29) is 5.78 Å². The van der Waals surface area contributed by atoms with Crippen molar-refractivity contribution in [3.05, 3.63) is 41.7 Å². The lowest BCUT2D eigenvalue weighted by atomic mass is 10.1. The number of unbranched alkanes of at least 4 members (excludes halogenated alkanes) is 1. The minimum absolute atomic E-state index is 0.233. The second-order valence-corrected chi connectivity index (χ2v) is 5.20. The van der Waals surface area contributed by atoms with Crippen molar-refractivity contribution in [2.45, 2.75) is 59.3 Å². The van der Waals surface area contributed by atoms with Gasteiger partial charge in [-0.05, 0) is 55.9 Å². The van der Waals surface area contributed by atoms with Crippen LogP contribution < -0.4 is 4.74 Å². The lowest BCUT2D eigenvalue weighted by Gasteiger charge is -2.06. The number of rotatable bonds is 9. The Hall–Kier alpha value is -1.57. The SMILES string of the molecule is CCCCC(=COc1ccc(CCC(C)=O)cc1)CC. The number of hydrogen-bond acceptors (Lipinski definition) is 2. The average molecular weight is 274 g/mol. The van der Waals surface area contributed by atoms with E-state index in [1.807, 2.05) is 30.5 Å². The van der Waals surface area contributed by atoms with Gasteiger partial charge in [-0.15, -0.1) is 0 Å². The van der Waals surface area contributed by atoms with Crippen LogP contribution in [0.3, 0.4) is 0 Å². The van der Waals surface area contributed by atoms with Crippen LogP contribution >= 0.6 is 0 Å². The third-order valence-corrected chi connectivity index (χ3v) is 3.36. The van der Waals surface area contributed by atoms with E-state index in [0.29, 0.717) is 6.42 Å². The maximum Gasteiger partial charge on any atom is 0.130 e. The van der Waals surface area contributed by atoms with E-state index < -0.39 is 0 Å². The number of Topliss-reactive ketones (excluding diaryl/α,β-unsaturated/α-hetero) is 1. The molecule has 0 atom stereocenters. The van der Waals surface area contributed by atoms with Crippen molar-refractivity contribution >= 4 is 5.78 Å². The van der Waals surface area contributed by atoms with Gasteiger partial charge in [0.2, 0.25) is 0 Å². The predicted molar refractivity (Wildman–Crippen MR) is 84.0 cm³/mol. The first kappa shape index (κ1) is 16.5. The fourth-order valence-corrected chi connectivity index (χ4v) is 1.93. The first-order valence-electron chi connectivity index (χ1n) is 7.58. The van der Waals surface area contributed by atoms with Crippen LogP contribution in [0.5, 0.6) is 5.75 Å². The first-order chi connectivity index (χ1) is 9.65. The van der Waals surface area contributed by atoms with Gasteiger partial charge in [-0.2, -0.15) is 0 Å². The number of benzene rings is 1. The molecule has 0 N–H and O–H groups in total. The van der Waals surface area contributed by atoms with Gasteiger partial charge in [-0.3, -0.25) is 0 Å². The van der Waals surface area contributed by atoms with Gasteiger partial charge < -0.3 is 9.53 Å². The number of aryl methyl sites for hydroxylation is 1. The lowest BCUT2D eigenvalue weighted by molar-refractivity contribution is -0.116. The summed E-state index contributed by atoms with van der Waals surface area (Å²) in [5.74, 6) is 1.09. The first-order valence-corrected chi connectivity index (χ1v) is 7.58. The number of carbonyl (C=O) groups is 1. The lowest BCUT2D eigenvalue weighted by Crippen LogP contribution is -1.94. The Morgan fingerprint density at radius 3 is 2.40 bits per heavy atom. The third kappa shape index (κ3) is 6.55. The molecule has 0 radical (unpaired) electrons. The molecule has 1 aromatic carbocycles. The summed E-state index contributed by atoms with van der Waals surface area (Å²) in [4.78, 5) is 10.9. The molecule has 110 valence electrons. The third-order valence-electron chi connectivity index (χ3n) is 3.36. The Bertz CT molecular complexity index is 429. The van der Waals surface area contributed by atoms with Gasteiger partial charge in [0, 0.05) is 6.42 Å². The van der Waals surface area contributed by atoms with Crippen molar-refractivity contribution in [3.63, 3.8) is 0 Å². The van der Waals surface area contributed by atoms with Crippen LogP contribution in [0.25, 0.3) is 0 Å². The van der Waals surface area contributed by atoms with Gasteiger partial charge in [0.25, 0.3) is 0 Å². The molecule has 20 heavy (non-hydrogen) atoms. The van der Waals surface area contributed by atoms with Gasteiger partial charge >= 0.3 is 0 Å². The van der Waals surface area contributed by atoms with Crippen LogP contribution in [0.1, 0.15) is 58.4 Å². The maximum atomic E-state index is 10.9. The van der Waals surface area contributed by atoms with Crippen molar-refractivity contribution in [2.75, 3.05) is 0 Å². The van der Waals surface area contributed by atoms with E-state index >= 15 is 0 Å². The molecule has 0 spiro atoms. The van der Waals surface area contributed by atoms with Gasteiger partial charge in [-0.1, -0.05) is 32.4 Å². The molecule has 1 aromatic rings. The number of ether oxygens (including phenoxy) is 1. The molecular formula is C18H26O2. The monoisotopic (exact) mass is 274 g/mol. The summed E-state index contributed by atoms with van der Waals surface area (Å²) in [7, 11) is 0. The topological polar surface area (TPSA) is 26.3 Å². The van der Waals surface area contributed by atoms with Crippen molar-refractivity contribution in [1.29, 1.82) is 0 Å². The van der Waals surface area contributed by atoms with Crippen LogP contribution in [-0.4, -0.2) is 5.78 Å². The summed E-state index contributed by atoms with van der Waals surface area (Å²) < 4.78 is 5.71. The molecule has 0 aliphatic heterocycles. The highest BCUT2D eigenvalue weighted by Gasteiger charge is 1.99. The molecule has 0 amide bonds. The maximum absolute atomic E-state index is 10.9. The Labute approximate surface area is 122 Å². The molecule has 2 heteroatoms. The number of ketones is 1. The highest BCUT2D eigenvalue weighted by atomic mass is 16.5. The van der Waals surface area contributed by atoms with E-state index in [0.717, 1.165) is 25.0 Å². The smallest absolute Gasteiger partial charge is 0.130 e. The molecule has 0 fully saturated rings. The van der Waals surface area contributed by atoms with Crippen LogP contribution in [-0.2, 0) is 11.2 Å². The molecule has 0 unspecified atom stereocenters. The molecule has 0 heterocycles. The van der Waals surface area contributed by atoms with Gasteiger partial charge in [0.15, 0.2) is 0 Å². The molecule has 0 saturated carbocycles. The van der Waals surface area contributed by atoms with Crippen LogP contribution in [0.15, 0.2) is 36.1 Å². The Morgan fingerprint density at radius 1 is 1.15 bits per heavy atom. The van der Waals surface area contributed by atoms with Crippen molar-refractivity contribution < 1.29 is 9.53 Å². The number of hydrogen-bond donors (Lipinski definition) is 0. The minimum Gasteiger partial charge on any atom is -0.465 e. The quantitative estimate of drug-likeness (QED) is 0.587. The van der Waals surface area contributed by atoms with E-state index in [2.05, 4.69) is 13.8 Å². The average Bonchev–Trinajstić information content (AvgIpc) is 2.46. The van der Waals surface area contributed by atoms with Crippen molar-refractivity contribution in [1.82, 2.24) is 0 Å². The summed E-state index contributed by atoms with van der Waals surface area (Å²) in [6.45, 7) is 5.99. The molecule has 1 rings (SSSR count). The van der Waals surface area contributed by atoms with Gasteiger partial charge in [0.05, 0.1) is 6.26 Å². The second kappa shape index (κ2) is 9.35. The van der Waals surface area contributed by atoms with Crippen molar-refractivity contribution in [2.24, 2.45) is 0 Å². The normalized spacial score (nSPS) is 11.4. The largest absolute Gasteiger partial charge is 0.465 e. The Balaban J connectivity index is 2.51. The van der Waals surface area contributed by atoms with Crippen LogP contribution in [0.2, 0.25) is 0 Å². The summed E-state index contributed by atoms with van der Waals surface area (Å²) >= 11 is 0. The number of allylic oxidation sites excluding steroid dienone is 1.